The van der Waals surface area contributed by atoms with E-state index >= 15 is 0 Å². The second kappa shape index (κ2) is 10.8. The van der Waals surface area contributed by atoms with E-state index in [2.05, 4.69) is 15.2 Å². The second-order valence-electron chi connectivity index (χ2n) is 8.44. The van der Waals surface area contributed by atoms with E-state index in [0.717, 1.165) is 36.1 Å². The average Bonchev–Trinajstić information content (AvgIpc) is 3.50. The fourth-order valence-electron chi connectivity index (χ4n) is 4.03. The zero-order valence-corrected chi connectivity index (χ0v) is 19.1. The highest BCUT2D eigenvalue weighted by Crippen LogP contribution is 2.37. The zero-order valence-electron chi connectivity index (χ0n) is 19.1. The number of aliphatic hydroxyl groups excluding tert-OH is 1. The predicted molar refractivity (Wildman–Crippen MR) is 124 cm³/mol. The Kier molecular flexibility index (Phi) is 8.00. The number of ether oxygens (including phenoxy) is 1. The summed E-state index contributed by atoms with van der Waals surface area (Å²) in [5.41, 5.74) is 8.42. The monoisotopic (exact) mass is 492 g/mol. The largest absolute Gasteiger partial charge is 0.490 e. The highest BCUT2D eigenvalue weighted by atomic mass is 19.4. The summed E-state index contributed by atoms with van der Waals surface area (Å²) in [5, 5.41) is 18.6. The number of primary amides is 1. The molecule has 4 N–H and O–H groups in total. The van der Waals surface area contributed by atoms with Crippen molar-refractivity contribution in [2.75, 3.05) is 25.6 Å². The van der Waals surface area contributed by atoms with Crippen molar-refractivity contribution in [1.29, 1.82) is 0 Å². The molecule has 35 heavy (non-hydrogen) atoms. The summed E-state index contributed by atoms with van der Waals surface area (Å²) in [4.78, 5) is 21.1. The number of nitrogens with two attached hydrogens (primary N) is 1. The number of anilines is 1. The van der Waals surface area contributed by atoms with Crippen LogP contribution in [0.5, 0.6) is 0 Å². The third-order valence-electron chi connectivity index (χ3n) is 6.02. The molecule has 3 aromatic rings. The number of esters is 1. The Balaban J connectivity index is 0.000000371. The Morgan fingerprint density at radius 3 is 2.34 bits per heavy atom. The van der Waals surface area contributed by atoms with Crippen LogP contribution in [-0.2, 0) is 9.53 Å². The number of carbonyl (C=O) groups excluding carboxylic acids is 2. The number of benzene rings is 2. The molecular weight excluding hydrogens is 465 g/mol. The standard InChI is InChI=1S/C21H24N4O2.C3H3F3O2/c22-20(27)18-5-3-4-15-12-25(24-19(15)18)17-8-6-16(7-9-17)23-13-21(14-26)10-1-2-11-21;1-8-2(7)3(4,5)6/h3-9,12,23,26H,1-2,10-11,13-14H2,(H2,22,27);1H3. The molecule has 1 aliphatic carbocycles. The number of nitrogens with zero attached hydrogens (tertiary/aromatic N) is 2. The van der Waals surface area contributed by atoms with Gasteiger partial charge in [0.15, 0.2) is 0 Å². The van der Waals surface area contributed by atoms with E-state index < -0.39 is 18.1 Å². The summed E-state index contributed by atoms with van der Waals surface area (Å²) in [5.74, 6) is -2.65. The van der Waals surface area contributed by atoms with Crippen molar-refractivity contribution in [2.45, 2.75) is 31.9 Å². The van der Waals surface area contributed by atoms with Crippen LogP contribution in [0.15, 0.2) is 48.7 Å². The topological polar surface area (TPSA) is 119 Å². The minimum absolute atomic E-state index is 0.0174. The van der Waals surface area contributed by atoms with Crippen LogP contribution in [0, 0.1) is 5.41 Å². The summed E-state index contributed by atoms with van der Waals surface area (Å²) in [6.07, 6.45) is 1.59. The molecule has 1 saturated carbocycles. The lowest BCUT2D eigenvalue weighted by molar-refractivity contribution is -0.196. The van der Waals surface area contributed by atoms with Crippen LogP contribution >= 0.6 is 0 Å². The van der Waals surface area contributed by atoms with Gasteiger partial charge in [-0.25, -0.2) is 9.48 Å². The number of rotatable bonds is 6. The lowest BCUT2D eigenvalue weighted by Gasteiger charge is -2.27. The molecule has 0 radical (unpaired) electrons. The van der Waals surface area contributed by atoms with E-state index in [9.17, 15) is 27.9 Å². The molecular formula is C24H27F3N4O4. The van der Waals surface area contributed by atoms with Crippen LogP contribution < -0.4 is 11.1 Å². The van der Waals surface area contributed by atoms with Gasteiger partial charge in [0.2, 0.25) is 0 Å². The molecule has 8 nitrogen and oxygen atoms in total. The highest BCUT2D eigenvalue weighted by molar-refractivity contribution is 6.04. The van der Waals surface area contributed by atoms with E-state index in [1.807, 2.05) is 42.6 Å². The molecule has 0 unspecified atom stereocenters. The summed E-state index contributed by atoms with van der Waals surface area (Å²) in [6.45, 7) is 1.02. The third-order valence-corrected chi connectivity index (χ3v) is 6.02. The normalized spacial score (nSPS) is 14.8. The number of alkyl halides is 3. The number of aromatic nitrogens is 2. The van der Waals surface area contributed by atoms with Crippen molar-refractivity contribution in [3.63, 3.8) is 0 Å². The fraction of sp³-hybridized carbons (Fsp3) is 0.375. The molecule has 188 valence electrons. The summed E-state index contributed by atoms with van der Waals surface area (Å²) in [6, 6.07) is 13.4. The average molecular weight is 492 g/mol. The van der Waals surface area contributed by atoms with Crippen molar-refractivity contribution in [1.82, 2.24) is 9.78 Å². The van der Waals surface area contributed by atoms with Crippen LogP contribution in [0.4, 0.5) is 18.9 Å². The lowest BCUT2D eigenvalue weighted by atomic mass is 9.87. The summed E-state index contributed by atoms with van der Waals surface area (Å²) >= 11 is 0. The summed E-state index contributed by atoms with van der Waals surface area (Å²) in [7, 11) is 0.676. The Hall–Kier alpha value is -3.60. The first-order chi connectivity index (χ1) is 16.6. The molecule has 1 heterocycles. The van der Waals surface area contributed by atoms with Crippen LogP contribution in [0.2, 0.25) is 0 Å². The van der Waals surface area contributed by atoms with Gasteiger partial charge in [-0.3, -0.25) is 4.79 Å². The highest BCUT2D eigenvalue weighted by Gasteiger charge is 2.40. The lowest BCUT2D eigenvalue weighted by Crippen LogP contribution is -2.30. The van der Waals surface area contributed by atoms with E-state index in [1.165, 1.54) is 12.8 Å². The molecule has 0 aliphatic heterocycles. The first-order valence-electron chi connectivity index (χ1n) is 11.0. The van der Waals surface area contributed by atoms with E-state index in [0.29, 0.717) is 18.2 Å². The number of nitrogens with one attached hydrogen (secondary N) is 1. The molecule has 1 amide bonds. The Labute approximate surface area is 199 Å². The Morgan fingerprint density at radius 2 is 1.83 bits per heavy atom. The maximum absolute atomic E-state index is 11.6. The number of carbonyl (C=O) groups is 2. The number of halogens is 3. The second-order valence-corrected chi connectivity index (χ2v) is 8.44. The van der Waals surface area contributed by atoms with Crippen LogP contribution in [0.3, 0.4) is 0 Å². The number of hydrogen-bond donors (Lipinski definition) is 3. The molecule has 1 aromatic heterocycles. The zero-order chi connectivity index (χ0) is 25.6. The minimum Gasteiger partial charge on any atom is -0.462 e. The molecule has 2 aromatic carbocycles. The van der Waals surface area contributed by atoms with Crippen LogP contribution in [0.25, 0.3) is 16.6 Å². The van der Waals surface area contributed by atoms with E-state index in [4.69, 9.17) is 5.73 Å². The molecule has 11 heteroatoms. The van der Waals surface area contributed by atoms with Crippen molar-refractivity contribution >= 4 is 28.5 Å². The SMILES string of the molecule is COC(=O)C(F)(F)F.NC(=O)c1cccc2cn(-c3ccc(NCC4(CO)CCCC4)cc3)nc12. The van der Waals surface area contributed by atoms with Crippen molar-refractivity contribution < 1.29 is 32.6 Å². The maximum Gasteiger partial charge on any atom is 0.490 e. The molecule has 0 spiro atoms. The summed E-state index contributed by atoms with van der Waals surface area (Å²) < 4.78 is 38.0. The van der Waals surface area contributed by atoms with Gasteiger partial charge in [0, 0.05) is 29.2 Å². The van der Waals surface area contributed by atoms with Gasteiger partial charge in [0.05, 0.1) is 25.0 Å². The predicted octanol–water partition coefficient (Wildman–Crippen LogP) is 3.81. The van der Waals surface area contributed by atoms with E-state index in [-0.39, 0.29) is 12.0 Å². The van der Waals surface area contributed by atoms with Gasteiger partial charge in [0.25, 0.3) is 5.91 Å². The van der Waals surface area contributed by atoms with Gasteiger partial charge in [-0.15, -0.1) is 0 Å². The van der Waals surface area contributed by atoms with Crippen molar-refractivity contribution in [2.24, 2.45) is 11.1 Å². The number of fused-ring (bicyclic) bond motifs is 1. The smallest absolute Gasteiger partial charge is 0.462 e. The first kappa shape index (κ1) is 26.0. The third kappa shape index (κ3) is 6.30. The van der Waals surface area contributed by atoms with Crippen molar-refractivity contribution in [3.05, 3.63) is 54.2 Å². The number of aliphatic hydroxyl groups is 1. The van der Waals surface area contributed by atoms with Gasteiger partial charge < -0.3 is 20.9 Å². The van der Waals surface area contributed by atoms with E-state index in [1.54, 1.807) is 10.7 Å². The maximum atomic E-state index is 11.6. The van der Waals surface area contributed by atoms with Crippen LogP contribution in [0.1, 0.15) is 36.0 Å². The number of methoxy groups -OCH3 is 1. The number of amides is 1. The van der Waals surface area contributed by atoms with Crippen LogP contribution in [-0.4, -0.2) is 53.2 Å². The Bertz CT molecular complexity index is 1170. The molecule has 0 atom stereocenters. The molecule has 0 saturated heterocycles. The first-order valence-corrected chi connectivity index (χ1v) is 11.0. The Morgan fingerprint density at radius 1 is 1.17 bits per heavy atom. The fourth-order valence-corrected chi connectivity index (χ4v) is 4.03. The minimum atomic E-state index is -4.85. The quantitative estimate of drug-likeness (QED) is 0.450. The van der Waals surface area contributed by atoms with Gasteiger partial charge in [-0.2, -0.15) is 18.3 Å². The van der Waals surface area contributed by atoms with Gasteiger partial charge >= 0.3 is 12.1 Å². The molecule has 4 rings (SSSR count). The molecule has 0 bridgehead atoms. The number of hydrogen-bond acceptors (Lipinski definition) is 6. The molecule has 1 aliphatic rings. The van der Waals surface area contributed by atoms with Gasteiger partial charge in [-0.1, -0.05) is 25.0 Å². The van der Waals surface area contributed by atoms with Gasteiger partial charge in [0.1, 0.15) is 5.52 Å². The van der Waals surface area contributed by atoms with Crippen molar-refractivity contribution in [3.8, 4) is 5.69 Å². The van der Waals surface area contributed by atoms with Gasteiger partial charge in [-0.05, 0) is 43.2 Å². The molecule has 1 fully saturated rings.